The number of nitrogens with zero attached hydrogens (tertiary/aromatic N) is 1. The molecule has 4 aromatic carbocycles. The van der Waals surface area contributed by atoms with Gasteiger partial charge in [-0.15, -0.1) is 11.3 Å². The van der Waals surface area contributed by atoms with Gasteiger partial charge in [-0.05, 0) is 66.6 Å². The molecule has 2 atom stereocenters. The molecule has 8 nitrogen and oxygen atoms in total. The predicted octanol–water partition coefficient (Wildman–Crippen LogP) is 5.42. The summed E-state index contributed by atoms with van der Waals surface area (Å²) in [6.45, 7) is 0.449. The molecule has 1 amide bonds. The van der Waals surface area contributed by atoms with Crippen molar-refractivity contribution >= 4 is 37.5 Å². The number of carbonyl (C=O) groups excluding carboxylic acids is 1. The Bertz CT molecular complexity index is 1880. The third-order valence-corrected chi connectivity index (χ3v) is 9.28. The van der Waals surface area contributed by atoms with E-state index in [0.29, 0.717) is 34.0 Å². The van der Waals surface area contributed by atoms with Crippen molar-refractivity contribution in [1.82, 2.24) is 9.71 Å². The van der Waals surface area contributed by atoms with E-state index in [4.69, 9.17) is 9.47 Å². The van der Waals surface area contributed by atoms with Crippen molar-refractivity contribution in [3.8, 4) is 11.5 Å². The summed E-state index contributed by atoms with van der Waals surface area (Å²) >= 11 is 1.42. The Morgan fingerprint density at radius 2 is 1.88 bits per heavy atom. The lowest BCUT2D eigenvalue weighted by Crippen LogP contribution is -2.31. The van der Waals surface area contributed by atoms with Gasteiger partial charge in [-0.25, -0.2) is 22.5 Å². The largest absolute Gasteiger partial charge is 0.493 e. The summed E-state index contributed by atoms with van der Waals surface area (Å²) in [5.74, 6) is -0.323. The molecule has 2 unspecified atom stereocenters. The SMILES string of the molecule is O=C(NS(=O)(=O)c1ccccc1)c1cccc(CC2COc3ccc(OCc4nc5cc(F)ccc5s4)cc3C2O)c1. The van der Waals surface area contributed by atoms with Crippen LogP contribution in [0.3, 0.4) is 0 Å². The van der Waals surface area contributed by atoms with Gasteiger partial charge in [0.15, 0.2) is 0 Å². The normalized spacial score (nSPS) is 16.4. The number of thiazole rings is 1. The van der Waals surface area contributed by atoms with E-state index >= 15 is 0 Å². The maximum Gasteiger partial charge on any atom is 0.265 e. The molecule has 11 heteroatoms. The second-order valence-corrected chi connectivity index (χ2v) is 12.7. The summed E-state index contributed by atoms with van der Waals surface area (Å²) in [6.07, 6.45) is -0.473. The summed E-state index contributed by atoms with van der Waals surface area (Å²) < 4.78 is 53.5. The van der Waals surface area contributed by atoms with E-state index in [1.54, 1.807) is 54.6 Å². The summed E-state index contributed by atoms with van der Waals surface area (Å²) in [5, 5.41) is 11.9. The number of fused-ring (bicyclic) bond motifs is 2. The topological polar surface area (TPSA) is 115 Å². The molecule has 1 aliphatic heterocycles. The first-order chi connectivity index (χ1) is 20.2. The molecule has 6 rings (SSSR count). The second-order valence-electron chi connectivity index (χ2n) is 9.88. The molecule has 0 saturated carbocycles. The van der Waals surface area contributed by atoms with E-state index in [2.05, 4.69) is 9.71 Å². The summed E-state index contributed by atoms with van der Waals surface area (Å²) in [4.78, 5) is 17.2. The van der Waals surface area contributed by atoms with Crippen molar-refractivity contribution < 1.29 is 32.2 Å². The first kappa shape index (κ1) is 27.8. The Hall–Kier alpha value is -4.32. The van der Waals surface area contributed by atoms with Crippen molar-refractivity contribution in [1.29, 1.82) is 0 Å². The Balaban J connectivity index is 1.12. The Morgan fingerprint density at radius 1 is 1.05 bits per heavy atom. The van der Waals surface area contributed by atoms with Gasteiger partial charge < -0.3 is 14.6 Å². The van der Waals surface area contributed by atoms with Crippen LogP contribution in [0.15, 0.2) is 95.9 Å². The van der Waals surface area contributed by atoms with Gasteiger partial charge in [-0.2, -0.15) is 0 Å². The highest BCUT2D eigenvalue weighted by atomic mass is 32.2. The van der Waals surface area contributed by atoms with Crippen molar-refractivity contribution in [2.45, 2.75) is 24.0 Å². The third kappa shape index (κ3) is 5.98. The number of amides is 1. The maximum absolute atomic E-state index is 13.5. The van der Waals surface area contributed by atoms with Gasteiger partial charge in [0, 0.05) is 23.1 Å². The molecule has 0 radical (unpaired) electrons. The van der Waals surface area contributed by atoms with Gasteiger partial charge in [0.2, 0.25) is 0 Å². The average Bonchev–Trinajstić information content (AvgIpc) is 3.40. The van der Waals surface area contributed by atoms with Gasteiger partial charge in [-0.3, -0.25) is 4.79 Å². The smallest absolute Gasteiger partial charge is 0.265 e. The number of hydrogen-bond acceptors (Lipinski definition) is 8. The third-order valence-electron chi connectivity index (χ3n) is 6.92. The fraction of sp³-hybridized carbons (Fsp3) is 0.161. The van der Waals surface area contributed by atoms with Gasteiger partial charge >= 0.3 is 0 Å². The molecule has 1 aromatic heterocycles. The van der Waals surface area contributed by atoms with Crippen LogP contribution in [0.4, 0.5) is 4.39 Å². The number of sulfonamides is 1. The molecule has 0 bridgehead atoms. The molecule has 1 aliphatic rings. The first-order valence-corrected chi connectivity index (χ1v) is 15.4. The predicted molar refractivity (Wildman–Crippen MR) is 156 cm³/mol. The Labute approximate surface area is 245 Å². The minimum atomic E-state index is -4.02. The van der Waals surface area contributed by atoms with E-state index < -0.39 is 22.0 Å². The highest BCUT2D eigenvalue weighted by Gasteiger charge is 2.30. The quantitative estimate of drug-likeness (QED) is 0.243. The van der Waals surface area contributed by atoms with Gasteiger partial charge in [0.25, 0.3) is 15.9 Å². The molecule has 2 heterocycles. The molecule has 0 spiro atoms. The molecule has 214 valence electrons. The summed E-state index contributed by atoms with van der Waals surface area (Å²) in [7, 11) is -4.02. The van der Waals surface area contributed by atoms with Gasteiger partial charge in [0.05, 0.1) is 27.8 Å². The number of hydrogen-bond donors (Lipinski definition) is 2. The minimum Gasteiger partial charge on any atom is -0.493 e. The summed E-state index contributed by atoms with van der Waals surface area (Å²) in [6, 6.07) is 24.0. The van der Waals surface area contributed by atoms with Crippen molar-refractivity contribution in [2.24, 2.45) is 5.92 Å². The number of aliphatic hydroxyl groups is 1. The van der Waals surface area contributed by atoms with Crippen molar-refractivity contribution in [3.05, 3.63) is 119 Å². The molecule has 5 aromatic rings. The highest BCUT2D eigenvalue weighted by Crippen LogP contribution is 2.39. The number of halogens is 1. The van der Waals surface area contributed by atoms with E-state index in [9.17, 15) is 22.7 Å². The fourth-order valence-electron chi connectivity index (χ4n) is 4.83. The van der Waals surface area contributed by atoms with Crippen molar-refractivity contribution in [3.63, 3.8) is 0 Å². The fourth-order valence-corrected chi connectivity index (χ4v) is 6.68. The number of ether oxygens (including phenoxy) is 2. The lowest BCUT2D eigenvalue weighted by molar-refractivity contribution is 0.0504. The molecular formula is C31H25FN2O6S2. The molecule has 0 aliphatic carbocycles. The van der Waals surface area contributed by atoms with Gasteiger partial charge in [-0.1, -0.05) is 30.3 Å². The lowest BCUT2D eigenvalue weighted by atomic mass is 9.87. The van der Waals surface area contributed by atoms with Crippen LogP contribution in [0.1, 0.15) is 32.6 Å². The maximum atomic E-state index is 13.5. The van der Waals surface area contributed by atoms with Crippen LogP contribution in [0.5, 0.6) is 11.5 Å². The molecular weight excluding hydrogens is 579 g/mol. The zero-order valence-corrected chi connectivity index (χ0v) is 23.7. The number of benzene rings is 4. The average molecular weight is 605 g/mol. The van der Waals surface area contributed by atoms with Crippen LogP contribution in [0.2, 0.25) is 0 Å². The highest BCUT2D eigenvalue weighted by molar-refractivity contribution is 7.90. The van der Waals surface area contributed by atoms with E-state index in [-0.39, 0.29) is 35.4 Å². The monoisotopic (exact) mass is 604 g/mol. The van der Waals surface area contributed by atoms with E-state index in [1.165, 1.54) is 41.7 Å². The lowest BCUT2D eigenvalue weighted by Gasteiger charge is -2.30. The second kappa shape index (κ2) is 11.5. The van der Waals surface area contributed by atoms with E-state index in [0.717, 1.165) is 10.3 Å². The molecule has 0 fully saturated rings. The van der Waals surface area contributed by atoms with E-state index in [1.807, 2.05) is 6.07 Å². The van der Waals surface area contributed by atoms with Crippen molar-refractivity contribution in [2.75, 3.05) is 6.61 Å². The standard InChI is InChI=1S/C31H25FN2O6S2/c32-22-9-12-28-26(15-22)33-29(41-28)18-39-23-10-11-27-25(16-23)30(35)21(17-40-27)14-19-5-4-6-20(13-19)31(36)34-42(37,38)24-7-2-1-3-8-24/h1-13,15-16,21,30,35H,14,17-18H2,(H,34,36). The molecule has 0 saturated heterocycles. The van der Waals surface area contributed by atoms with Crippen LogP contribution in [-0.2, 0) is 23.1 Å². The molecule has 2 N–H and O–H groups in total. The number of nitrogens with one attached hydrogen (secondary N) is 1. The van der Waals surface area contributed by atoms with Crippen LogP contribution < -0.4 is 14.2 Å². The van der Waals surface area contributed by atoms with Crippen LogP contribution in [0, 0.1) is 11.7 Å². The number of carbonyl (C=O) groups is 1. The Kier molecular flexibility index (Phi) is 7.63. The molecule has 42 heavy (non-hydrogen) atoms. The zero-order valence-electron chi connectivity index (χ0n) is 22.1. The zero-order chi connectivity index (χ0) is 29.3. The Morgan fingerprint density at radius 3 is 2.71 bits per heavy atom. The summed E-state index contributed by atoms with van der Waals surface area (Å²) in [5.41, 5.74) is 2.09. The van der Waals surface area contributed by atoms with Crippen LogP contribution in [-0.4, -0.2) is 31.0 Å². The number of rotatable bonds is 8. The number of aliphatic hydroxyl groups excluding tert-OH is 1. The number of aromatic nitrogens is 1. The van der Waals surface area contributed by atoms with Gasteiger partial charge in [0.1, 0.15) is 28.9 Å². The first-order valence-electron chi connectivity index (χ1n) is 13.1. The minimum absolute atomic E-state index is 0.00513. The van der Waals surface area contributed by atoms with Crippen LogP contribution >= 0.6 is 11.3 Å². The van der Waals surface area contributed by atoms with Crippen LogP contribution in [0.25, 0.3) is 10.2 Å².